The first-order valence-corrected chi connectivity index (χ1v) is 11.2. The van der Waals surface area contributed by atoms with Crippen LogP contribution in [0.4, 0.5) is 11.4 Å². The molecular weight excluding hydrogens is 386 g/mol. The van der Waals surface area contributed by atoms with Gasteiger partial charge >= 0.3 is 0 Å². The van der Waals surface area contributed by atoms with Crippen molar-refractivity contribution in [2.45, 2.75) is 31.2 Å². The molecule has 1 aromatic heterocycles. The van der Waals surface area contributed by atoms with Gasteiger partial charge in [-0.05, 0) is 53.3 Å². The van der Waals surface area contributed by atoms with Crippen LogP contribution in [0.15, 0.2) is 39.9 Å². The highest BCUT2D eigenvalue weighted by atomic mass is 32.2. The molecule has 0 amide bonds. The predicted octanol–water partition coefficient (Wildman–Crippen LogP) is 3.71. The van der Waals surface area contributed by atoms with Crippen LogP contribution in [0.1, 0.15) is 25.3 Å². The van der Waals surface area contributed by atoms with Gasteiger partial charge in [0, 0.05) is 32.7 Å². The summed E-state index contributed by atoms with van der Waals surface area (Å²) in [5.41, 5.74) is 1.26. The summed E-state index contributed by atoms with van der Waals surface area (Å²) in [7, 11) is -1.97. The van der Waals surface area contributed by atoms with Crippen molar-refractivity contribution in [1.29, 1.82) is 0 Å². The molecule has 1 fully saturated rings. The number of piperidine rings is 1. The number of hydrogen-bond donors (Lipinski definition) is 0. The quantitative estimate of drug-likeness (QED) is 0.536. The van der Waals surface area contributed by atoms with E-state index in [1.807, 2.05) is 23.8 Å². The van der Waals surface area contributed by atoms with E-state index >= 15 is 0 Å². The highest BCUT2D eigenvalue weighted by molar-refractivity contribution is 7.89. The van der Waals surface area contributed by atoms with Crippen molar-refractivity contribution in [2.24, 2.45) is 5.92 Å². The second kappa shape index (κ2) is 7.95. The molecule has 3 rings (SSSR count). The number of nitro benzene ring substituents is 1. The second-order valence-electron chi connectivity index (χ2n) is 7.01. The summed E-state index contributed by atoms with van der Waals surface area (Å²) in [6, 6.07) is 6.16. The van der Waals surface area contributed by atoms with Gasteiger partial charge in [0.25, 0.3) is 5.69 Å². The van der Waals surface area contributed by atoms with E-state index in [2.05, 4.69) is 0 Å². The fourth-order valence-electron chi connectivity index (χ4n) is 3.39. The molecule has 7 nitrogen and oxygen atoms in total. The van der Waals surface area contributed by atoms with Gasteiger partial charge in [-0.15, -0.1) is 0 Å². The average molecular weight is 410 g/mol. The maximum atomic E-state index is 12.9. The van der Waals surface area contributed by atoms with Crippen LogP contribution in [0.5, 0.6) is 0 Å². The fraction of sp³-hybridized carbons (Fsp3) is 0.444. The maximum absolute atomic E-state index is 12.9. The molecule has 1 aliphatic heterocycles. The Morgan fingerprint density at radius 2 is 2.15 bits per heavy atom. The molecule has 1 aliphatic rings. The number of thiophene rings is 1. The number of benzene rings is 1. The van der Waals surface area contributed by atoms with E-state index in [9.17, 15) is 18.5 Å². The second-order valence-corrected chi connectivity index (χ2v) is 9.72. The normalized spacial score (nSPS) is 18.4. The summed E-state index contributed by atoms with van der Waals surface area (Å²) in [5, 5.41) is 15.5. The lowest BCUT2D eigenvalue weighted by Gasteiger charge is -2.30. The highest BCUT2D eigenvalue weighted by Crippen LogP contribution is 2.33. The van der Waals surface area contributed by atoms with Gasteiger partial charge in [0.05, 0.1) is 9.82 Å². The first-order valence-electron chi connectivity index (χ1n) is 8.80. The minimum absolute atomic E-state index is 0.0176. The van der Waals surface area contributed by atoms with Crippen molar-refractivity contribution < 1.29 is 13.3 Å². The topological polar surface area (TPSA) is 83.8 Å². The lowest BCUT2D eigenvalue weighted by atomic mass is 10.0. The number of nitrogens with zero attached hydrogens (tertiary/aromatic N) is 3. The first-order chi connectivity index (χ1) is 12.8. The Balaban J connectivity index is 1.92. The zero-order valence-corrected chi connectivity index (χ0v) is 17.0. The largest absolute Gasteiger partial charge is 0.365 e. The molecule has 0 spiro atoms. The lowest BCUT2D eigenvalue weighted by Crippen LogP contribution is -2.39. The minimum atomic E-state index is -3.73. The Bertz CT molecular complexity index is 913. The fourth-order valence-corrected chi connectivity index (χ4v) is 5.67. The summed E-state index contributed by atoms with van der Waals surface area (Å²) >= 11 is 1.56. The molecule has 27 heavy (non-hydrogen) atoms. The molecule has 1 aromatic carbocycles. The van der Waals surface area contributed by atoms with Crippen LogP contribution in [-0.4, -0.2) is 37.8 Å². The van der Waals surface area contributed by atoms with E-state index in [0.29, 0.717) is 31.2 Å². The number of nitro groups is 1. The molecule has 2 heterocycles. The molecule has 0 aliphatic carbocycles. The SMILES string of the molecule is C[C@H]1CCCN(S(=O)(=O)c2ccc(N(C)Cc3ccsc3)c([N+](=O)[O-])c2)C1. The number of sulfonamides is 1. The van der Waals surface area contributed by atoms with Crippen molar-refractivity contribution in [3.63, 3.8) is 0 Å². The van der Waals surface area contributed by atoms with Crippen molar-refractivity contribution >= 4 is 32.7 Å². The van der Waals surface area contributed by atoms with Gasteiger partial charge in [-0.2, -0.15) is 15.6 Å². The van der Waals surface area contributed by atoms with Crippen LogP contribution in [0.3, 0.4) is 0 Å². The van der Waals surface area contributed by atoms with E-state index in [4.69, 9.17) is 0 Å². The minimum Gasteiger partial charge on any atom is -0.365 e. The number of hydrogen-bond acceptors (Lipinski definition) is 6. The van der Waals surface area contributed by atoms with Crippen molar-refractivity contribution in [3.05, 3.63) is 50.7 Å². The summed E-state index contributed by atoms with van der Waals surface area (Å²) in [5.74, 6) is 0.291. The predicted molar refractivity (Wildman–Crippen MR) is 107 cm³/mol. The van der Waals surface area contributed by atoms with Crippen LogP contribution < -0.4 is 4.90 Å². The molecule has 0 radical (unpaired) electrons. The van der Waals surface area contributed by atoms with E-state index in [-0.39, 0.29) is 10.6 Å². The molecule has 0 saturated carbocycles. The smallest absolute Gasteiger partial charge is 0.293 e. The van der Waals surface area contributed by atoms with Crippen molar-refractivity contribution in [1.82, 2.24) is 4.31 Å². The Morgan fingerprint density at radius 3 is 2.78 bits per heavy atom. The Morgan fingerprint density at radius 1 is 1.37 bits per heavy atom. The molecule has 0 bridgehead atoms. The maximum Gasteiger partial charge on any atom is 0.293 e. The summed E-state index contributed by atoms with van der Waals surface area (Å²) in [4.78, 5) is 12.8. The van der Waals surface area contributed by atoms with Crippen LogP contribution >= 0.6 is 11.3 Å². The van der Waals surface area contributed by atoms with Crippen LogP contribution in [0, 0.1) is 16.0 Å². The molecule has 146 valence electrons. The number of rotatable bonds is 6. The zero-order chi connectivity index (χ0) is 19.6. The molecule has 1 saturated heterocycles. The van der Waals surface area contributed by atoms with Gasteiger partial charge in [0.2, 0.25) is 10.0 Å². The van der Waals surface area contributed by atoms with Crippen molar-refractivity contribution in [3.8, 4) is 0 Å². The van der Waals surface area contributed by atoms with Gasteiger partial charge < -0.3 is 4.90 Å². The molecule has 9 heteroatoms. The van der Waals surface area contributed by atoms with Crippen LogP contribution in [0.2, 0.25) is 0 Å². The third-order valence-corrected chi connectivity index (χ3v) is 7.41. The zero-order valence-electron chi connectivity index (χ0n) is 15.4. The van der Waals surface area contributed by atoms with Gasteiger partial charge in [-0.3, -0.25) is 10.1 Å². The molecule has 2 aromatic rings. The molecular formula is C18H23N3O4S2. The van der Waals surface area contributed by atoms with Gasteiger partial charge in [0.1, 0.15) is 5.69 Å². The third kappa shape index (κ3) is 4.31. The number of anilines is 1. The Kier molecular flexibility index (Phi) is 5.83. The summed E-state index contributed by atoms with van der Waals surface area (Å²) < 4.78 is 27.3. The van der Waals surface area contributed by atoms with Crippen molar-refractivity contribution in [2.75, 3.05) is 25.0 Å². The van der Waals surface area contributed by atoms with E-state index in [1.165, 1.54) is 22.5 Å². The Hall–Kier alpha value is -1.97. The Labute approximate surface area is 163 Å². The lowest BCUT2D eigenvalue weighted by molar-refractivity contribution is -0.384. The monoisotopic (exact) mass is 409 g/mol. The summed E-state index contributed by atoms with van der Waals surface area (Å²) in [6.07, 6.45) is 1.81. The third-order valence-electron chi connectivity index (χ3n) is 4.81. The first kappa shape index (κ1) is 19.8. The van der Waals surface area contributed by atoms with Gasteiger partial charge in [-0.1, -0.05) is 6.92 Å². The van der Waals surface area contributed by atoms with Gasteiger partial charge in [-0.25, -0.2) is 8.42 Å². The average Bonchev–Trinajstić information content (AvgIpc) is 3.14. The molecule has 0 unspecified atom stereocenters. The van der Waals surface area contributed by atoms with Crippen LogP contribution in [0.25, 0.3) is 0 Å². The standard InChI is InChI=1S/C18H23N3O4S2/c1-14-4-3-8-20(11-14)27(24,25)16-5-6-17(18(10-16)21(22)23)19(2)12-15-7-9-26-13-15/h5-7,9-10,13-14H,3-4,8,11-12H2,1-2H3/t14-/m0/s1. The van der Waals surface area contributed by atoms with E-state index < -0.39 is 14.9 Å². The highest BCUT2D eigenvalue weighted by Gasteiger charge is 2.31. The molecule has 1 atom stereocenters. The van der Waals surface area contributed by atoms with E-state index in [0.717, 1.165) is 18.4 Å². The summed E-state index contributed by atoms with van der Waals surface area (Å²) in [6.45, 7) is 3.45. The van der Waals surface area contributed by atoms with Gasteiger partial charge in [0.15, 0.2) is 0 Å². The molecule has 0 N–H and O–H groups in total. The van der Waals surface area contributed by atoms with E-state index in [1.54, 1.807) is 23.3 Å². The van der Waals surface area contributed by atoms with Crippen LogP contribution in [-0.2, 0) is 16.6 Å².